The number of rotatable bonds is 7. The highest BCUT2D eigenvalue weighted by atomic mass is 19.1. The third-order valence-electron chi connectivity index (χ3n) is 7.17. The van der Waals surface area contributed by atoms with Gasteiger partial charge in [-0.2, -0.15) is 0 Å². The molecule has 2 aromatic rings. The first kappa shape index (κ1) is 25.7. The van der Waals surface area contributed by atoms with Gasteiger partial charge in [-0.25, -0.2) is 18.6 Å². The van der Waals surface area contributed by atoms with Crippen LogP contribution in [-0.2, 0) is 4.79 Å². The van der Waals surface area contributed by atoms with E-state index in [-0.39, 0.29) is 17.1 Å². The highest BCUT2D eigenvalue weighted by molar-refractivity contribution is 6.03. The molecule has 10 heteroatoms. The Morgan fingerprint density at radius 2 is 1.83 bits per heavy atom. The Morgan fingerprint density at radius 1 is 1.14 bits per heavy atom. The molecule has 1 aliphatic heterocycles. The van der Waals surface area contributed by atoms with Crippen LogP contribution in [0.2, 0.25) is 0 Å². The maximum Gasteiger partial charge on any atom is 0.315 e. The lowest BCUT2D eigenvalue weighted by atomic mass is 9.88. The van der Waals surface area contributed by atoms with E-state index in [4.69, 9.17) is 9.47 Å². The van der Waals surface area contributed by atoms with Gasteiger partial charge < -0.3 is 20.1 Å². The van der Waals surface area contributed by atoms with E-state index in [0.29, 0.717) is 18.2 Å². The van der Waals surface area contributed by atoms with Gasteiger partial charge >= 0.3 is 6.03 Å². The van der Waals surface area contributed by atoms with Crippen molar-refractivity contribution in [1.82, 2.24) is 15.6 Å². The molecule has 194 valence electrons. The number of nitrogens with one attached hydrogen (secondary N) is 2. The molecular formula is C26H32F2N4O4. The first-order valence-electron chi connectivity index (χ1n) is 12.2. The van der Waals surface area contributed by atoms with E-state index in [2.05, 4.69) is 15.6 Å². The second-order valence-electron chi connectivity index (χ2n) is 9.34. The number of ether oxygens (including phenoxy) is 2. The van der Waals surface area contributed by atoms with Crippen molar-refractivity contribution in [2.75, 3.05) is 25.7 Å². The van der Waals surface area contributed by atoms with Crippen LogP contribution in [0.15, 0.2) is 30.5 Å². The van der Waals surface area contributed by atoms with Gasteiger partial charge in [-0.1, -0.05) is 19.3 Å². The van der Waals surface area contributed by atoms with Crippen LogP contribution in [0.4, 0.5) is 19.4 Å². The number of methoxy groups -OCH3 is 2. The maximum absolute atomic E-state index is 15.2. The number of benzene rings is 1. The number of anilines is 1. The maximum atomic E-state index is 15.2. The summed E-state index contributed by atoms with van der Waals surface area (Å²) in [5.41, 5.74) is -0.299. The van der Waals surface area contributed by atoms with Crippen molar-refractivity contribution in [3.8, 4) is 11.5 Å². The van der Waals surface area contributed by atoms with E-state index in [1.165, 1.54) is 31.7 Å². The van der Waals surface area contributed by atoms with E-state index in [1.54, 1.807) is 19.1 Å². The summed E-state index contributed by atoms with van der Waals surface area (Å²) in [4.78, 5) is 32.2. The standard InChI is InChI=1S/C26H32F2N4O4/c1-15-21(22-18(27)12-17(35-2)13-19(22)28)23(31-26(34)30-14-16-8-5-4-6-9-16)25(33)32(15)24-20(36-3)10-7-11-29-24/h7,10-13,15-16,21,23H,4-6,8-9,14H2,1-3H3,(H2,30,31,34)/t15-,21+,23+/m1/s1. The van der Waals surface area contributed by atoms with Gasteiger partial charge in [-0.3, -0.25) is 9.69 Å². The normalized spacial score (nSPS) is 22.4. The molecule has 4 rings (SSSR count). The largest absolute Gasteiger partial charge is 0.497 e. The second-order valence-corrected chi connectivity index (χ2v) is 9.34. The van der Waals surface area contributed by atoms with E-state index in [0.717, 1.165) is 37.8 Å². The number of hydrogen-bond acceptors (Lipinski definition) is 5. The summed E-state index contributed by atoms with van der Waals surface area (Å²) in [6.45, 7) is 2.15. The summed E-state index contributed by atoms with van der Waals surface area (Å²) in [7, 11) is 2.76. The van der Waals surface area contributed by atoms with E-state index in [1.807, 2.05) is 0 Å². The van der Waals surface area contributed by atoms with Gasteiger partial charge in [0.15, 0.2) is 11.6 Å². The Labute approximate surface area is 209 Å². The zero-order chi connectivity index (χ0) is 25.8. The minimum atomic E-state index is -1.23. The Hall–Kier alpha value is -3.43. The molecule has 2 N–H and O–H groups in total. The van der Waals surface area contributed by atoms with Crippen LogP contribution in [0.3, 0.4) is 0 Å². The Bertz CT molecular complexity index is 1090. The van der Waals surface area contributed by atoms with Crippen LogP contribution in [0.5, 0.6) is 11.5 Å². The molecule has 0 unspecified atom stereocenters. The van der Waals surface area contributed by atoms with Crippen LogP contribution < -0.4 is 25.0 Å². The van der Waals surface area contributed by atoms with E-state index < -0.39 is 41.6 Å². The fraction of sp³-hybridized carbons (Fsp3) is 0.500. The van der Waals surface area contributed by atoms with Crippen LogP contribution in [-0.4, -0.2) is 49.8 Å². The predicted octanol–water partition coefficient (Wildman–Crippen LogP) is 4.14. The van der Waals surface area contributed by atoms with Gasteiger partial charge in [0.25, 0.3) is 5.91 Å². The van der Waals surface area contributed by atoms with Gasteiger partial charge in [0.2, 0.25) is 0 Å². The van der Waals surface area contributed by atoms with Gasteiger partial charge in [-0.15, -0.1) is 0 Å². The fourth-order valence-electron chi connectivity index (χ4n) is 5.34. The van der Waals surface area contributed by atoms with E-state index >= 15 is 8.78 Å². The SMILES string of the molecule is COc1cc(F)c([C@H]2[C@H](NC(=O)NCC3CCCCC3)C(=O)N(c3ncccc3OC)[C@@H]2C)c(F)c1. The van der Waals surface area contributed by atoms with Crippen molar-refractivity contribution >= 4 is 17.8 Å². The van der Waals surface area contributed by atoms with Crippen LogP contribution in [0.1, 0.15) is 50.5 Å². The lowest BCUT2D eigenvalue weighted by Crippen LogP contribution is -2.49. The first-order chi connectivity index (χ1) is 17.3. The molecule has 0 radical (unpaired) electrons. The van der Waals surface area contributed by atoms with Crippen molar-refractivity contribution in [3.63, 3.8) is 0 Å². The van der Waals surface area contributed by atoms with Crippen LogP contribution in [0.25, 0.3) is 0 Å². The van der Waals surface area contributed by atoms with Gasteiger partial charge in [-0.05, 0) is 37.8 Å². The molecule has 3 amide bonds. The lowest BCUT2D eigenvalue weighted by molar-refractivity contribution is -0.118. The number of aromatic nitrogens is 1. The number of urea groups is 1. The minimum Gasteiger partial charge on any atom is -0.497 e. The molecule has 8 nitrogen and oxygen atoms in total. The molecule has 1 saturated carbocycles. The Balaban J connectivity index is 1.66. The molecule has 2 heterocycles. The van der Waals surface area contributed by atoms with Crippen LogP contribution in [0, 0.1) is 17.6 Å². The number of hydrogen-bond donors (Lipinski definition) is 2. The lowest BCUT2D eigenvalue weighted by Gasteiger charge is -2.26. The molecule has 36 heavy (non-hydrogen) atoms. The minimum absolute atomic E-state index is 0.0173. The highest BCUT2D eigenvalue weighted by Crippen LogP contribution is 2.42. The number of carbonyl (C=O) groups is 2. The summed E-state index contributed by atoms with van der Waals surface area (Å²) in [5.74, 6) is -2.35. The number of carbonyl (C=O) groups excluding carboxylic acids is 2. The molecule has 1 aromatic carbocycles. The zero-order valence-corrected chi connectivity index (χ0v) is 20.7. The quantitative estimate of drug-likeness (QED) is 0.594. The molecular weight excluding hydrogens is 470 g/mol. The Kier molecular flexibility index (Phi) is 7.91. The van der Waals surface area contributed by atoms with Gasteiger partial charge in [0.1, 0.15) is 23.4 Å². The Morgan fingerprint density at radius 3 is 2.47 bits per heavy atom. The smallest absolute Gasteiger partial charge is 0.315 e. The summed E-state index contributed by atoms with van der Waals surface area (Å²) in [5, 5.41) is 5.54. The molecule has 1 saturated heterocycles. The number of nitrogens with zero attached hydrogens (tertiary/aromatic N) is 2. The molecule has 0 bridgehead atoms. The van der Waals surface area contributed by atoms with Crippen molar-refractivity contribution in [1.29, 1.82) is 0 Å². The fourth-order valence-corrected chi connectivity index (χ4v) is 5.34. The third kappa shape index (κ3) is 5.08. The molecule has 0 spiro atoms. The highest BCUT2D eigenvalue weighted by Gasteiger charge is 2.51. The topological polar surface area (TPSA) is 92.8 Å². The monoisotopic (exact) mass is 502 g/mol. The van der Waals surface area contributed by atoms with Gasteiger partial charge in [0, 0.05) is 42.4 Å². The molecule has 2 fully saturated rings. The second kappa shape index (κ2) is 11.1. The number of pyridine rings is 1. The molecule has 1 aliphatic carbocycles. The predicted molar refractivity (Wildman–Crippen MR) is 130 cm³/mol. The molecule has 1 aromatic heterocycles. The molecule has 3 atom stereocenters. The summed E-state index contributed by atoms with van der Waals surface area (Å²) in [6, 6.07) is 2.91. The van der Waals surface area contributed by atoms with E-state index in [9.17, 15) is 9.59 Å². The average Bonchev–Trinajstić information content (AvgIpc) is 3.11. The van der Waals surface area contributed by atoms with Crippen molar-refractivity contribution in [2.45, 2.75) is 57.0 Å². The van der Waals surface area contributed by atoms with Crippen LogP contribution >= 0.6 is 0 Å². The van der Waals surface area contributed by atoms with Crippen molar-refractivity contribution in [2.24, 2.45) is 5.92 Å². The summed E-state index contributed by atoms with van der Waals surface area (Å²) < 4.78 is 40.8. The molecule has 2 aliphatic rings. The van der Waals surface area contributed by atoms with Crippen molar-refractivity contribution < 1.29 is 27.8 Å². The number of amides is 3. The number of halogens is 2. The average molecular weight is 503 g/mol. The van der Waals surface area contributed by atoms with Gasteiger partial charge in [0.05, 0.1) is 14.2 Å². The summed E-state index contributed by atoms with van der Waals surface area (Å²) >= 11 is 0. The summed E-state index contributed by atoms with van der Waals surface area (Å²) in [6.07, 6.45) is 7.04. The third-order valence-corrected chi connectivity index (χ3v) is 7.17. The van der Waals surface area contributed by atoms with Crippen molar-refractivity contribution in [3.05, 3.63) is 47.7 Å². The zero-order valence-electron chi connectivity index (χ0n) is 20.7. The first-order valence-corrected chi connectivity index (χ1v) is 12.2.